The number of rotatable bonds is 3. The summed E-state index contributed by atoms with van der Waals surface area (Å²) in [6, 6.07) is 2.12. The number of aryl methyl sites for hydroxylation is 2. The molecule has 2 aliphatic rings. The standard InChI is InChI=1S/C18H27N3O2S/c1-18(2)11-21(8-7-15(18)19)16(22)10-20-17(23)14-9-12-5-3-4-6-13(12)24-14/h9,15H,3-8,10-11,19H2,1-2H3,(H,20,23). The fraction of sp³-hybridized carbons (Fsp3) is 0.667. The highest BCUT2D eigenvalue weighted by molar-refractivity contribution is 7.14. The molecule has 1 aromatic rings. The fourth-order valence-electron chi connectivity index (χ4n) is 3.54. The number of likely N-dealkylation sites (tertiary alicyclic amines) is 1. The van der Waals surface area contributed by atoms with E-state index in [1.165, 1.54) is 23.3 Å². The molecule has 2 heterocycles. The van der Waals surface area contributed by atoms with Gasteiger partial charge in [-0.25, -0.2) is 0 Å². The molecule has 0 aromatic carbocycles. The summed E-state index contributed by atoms with van der Waals surface area (Å²) in [4.78, 5) is 28.6. The summed E-state index contributed by atoms with van der Waals surface area (Å²) < 4.78 is 0. The third kappa shape index (κ3) is 3.64. The monoisotopic (exact) mass is 349 g/mol. The average Bonchev–Trinajstić information content (AvgIpc) is 2.99. The molecule has 3 N–H and O–H groups in total. The maximum atomic E-state index is 12.4. The Morgan fingerprint density at radius 1 is 1.38 bits per heavy atom. The summed E-state index contributed by atoms with van der Waals surface area (Å²) >= 11 is 1.58. The number of hydrogen-bond acceptors (Lipinski definition) is 4. The van der Waals surface area contributed by atoms with Crippen LogP contribution in [0.25, 0.3) is 0 Å². The lowest BCUT2D eigenvalue weighted by Gasteiger charge is -2.42. The zero-order valence-electron chi connectivity index (χ0n) is 14.6. The first-order valence-corrected chi connectivity index (χ1v) is 9.61. The Hall–Kier alpha value is -1.40. The van der Waals surface area contributed by atoms with Crippen LogP contribution in [0.1, 0.15) is 53.2 Å². The third-order valence-corrected chi connectivity index (χ3v) is 6.52. The van der Waals surface area contributed by atoms with Crippen molar-refractivity contribution in [1.82, 2.24) is 10.2 Å². The molecule has 0 spiro atoms. The topological polar surface area (TPSA) is 75.4 Å². The summed E-state index contributed by atoms with van der Waals surface area (Å²) in [5.41, 5.74) is 7.35. The Kier molecular flexibility index (Phi) is 4.97. The summed E-state index contributed by atoms with van der Waals surface area (Å²) in [5, 5.41) is 2.79. The molecule has 0 saturated carbocycles. The van der Waals surface area contributed by atoms with Crippen LogP contribution in [0.3, 0.4) is 0 Å². The minimum Gasteiger partial charge on any atom is -0.342 e. The van der Waals surface area contributed by atoms with E-state index >= 15 is 0 Å². The number of amides is 2. The van der Waals surface area contributed by atoms with Crippen molar-refractivity contribution in [3.63, 3.8) is 0 Å². The minimum atomic E-state index is -0.129. The molecule has 24 heavy (non-hydrogen) atoms. The van der Waals surface area contributed by atoms with Crippen molar-refractivity contribution in [3.05, 3.63) is 21.4 Å². The average molecular weight is 350 g/mol. The Bertz CT molecular complexity index is 615. The van der Waals surface area contributed by atoms with Crippen molar-refractivity contribution in [2.75, 3.05) is 19.6 Å². The highest BCUT2D eigenvalue weighted by Crippen LogP contribution is 2.30. The lowest BCUT2D eigenvalue weighted by molar-refractivity contribution is -0.133. The van der Waals surface area contributed by atoms with Crippen molar-refractivity contribution >= 4 is 23.2 Å². The van der Waals surface area contributed by atoms with E-state index in [1.807, 2.05) is 11.0 Å². The van der Waals surface area contributed by atoms with Gasteiger partial charge in [0.1, 0.15) is 0 Å². The van der Waals surface area contributed by atoms with Crippen LogP contribution in [0.4, 0.5) is 0 Å². The number of nitrogens with zero attached hydrogens (tertiary/aromatic N) is 1. The van der Waals surface area contributed by atoms with E-state index in [-0.39, 0.29) is 29.8 Å². The molecule has 1 unspecified atom stereocenters. The van der Waals surface area contributed by atoms with E-state index in [0.717, 1.165) is 24.1 Å². The van der Waals surface area contributed by atoms with Gasteiger partial charge in [-0.1, -0.05) is 13.8 Å². The van der Waals surface area contributed by atoms with Crippen LogP contribution in [0.5, 0.6) is 0 Å². The van der Waals surface area contributed by atoms with Crippen LogP contribution >= 0.6 is 11.3 Å². The molecule has 0 bridgehead atoms. The number of piperidine rings is 1. The second kappa shape index (κ2) is 6.84. The van der Waals surface area contributed by atoms with Gasteiger partial charge in [0.15, 0.2) is 0 Å². The molecule has 132 valence electrons. The Morgan fingerprint density at radius 3 is 2.83 bits per heavy atom. The molecule has 1 saturated heterocycles. The fourth-order valence-corrected chi connectivity index (χ4v) is 4.71. The molecule has 2 amide bonds. The largest absolute Gasteiger partial charge is 0.342 e. The number of nitrogens with one attached hydrogen (secondary N) is 1. The first-order chi connectivity index (χ1) is 11.4. The molecule has 0 radical (unpaired) electrons. The molecule has 1 aliphatic carbocycles. The van der Waals surface area contributed by atoms with Gasteiger partial charge < -0.3 is 16.0 Å². The number of carbonyl (C=O) groups excluding carboxylic acids is 2. The van der Waals surface area contributed by atoms with Gasteiger partial charge in [0.05, 0.1) is 11.4 Å². The second-order valence-corrected chi connectivity index (χ2v) is 8.78. The number of carbonyl (C=O) groups is 2. The Morgan fingerprint density at radius 2 is 2.12 bits per heavy atom. The molecular weight excluding hydrogens is 322 g/mol. The highest BCUT2D eigenvalue weighted by atomic mass is 32.1. The van der Waals surface area contributed by atoms with Gasteiger partial charge in [0.25, 0.3) is 5.91 Å². The van der Waals surface area contributed by atoms with Crippen LogP contribution in [0.2, 0.25) is 0 Å². The molecule has 1 aromatic heterocycles. The first-order valence-electron chi connectivity index (χ1n) is 8.80. The van der Waals surface area contributed by atoms with Crippen LogP contribution in [0.15, 0.2) is 6.07 Å². The lowest BCUT2D eigenvalue weighted by atomic mass is 9.79. The van der Waals surface area contributed by atoms with E-state index in [4.69, 9.17) is 5.73 Å². The maximum Gasteiger partial charge on any atom is 0.261 e. The number of fused-ring (bicyclic) bond motifs is 1. The number of hydrogen-bond donors (Lipinski definition) is 2. The Labute approximate surface area is 147 Å². The predicted octanol–water partition coefficient (Wildman–Crippen LogP) is 1.94. The second-order valence-electron chi connectivity index (χ2n) is 7.65. The number of nitrogens with two attached hydrogens (primary N) is 1. The van der Waals surface area contributed by atoms with E-state index in [9.17, 15) is 9.59 Å². The Balaban J connectivity index is 1.54. The minimum absolute atomic E-state index is 0.0235. The smallest absolute Gasteiger partial charge is 0.261 e. The summed E-state index contributed by atoms with van der Waals surface area (Å²) in [5.74, 6) is -0.152. The number of thiophene rings is 1. The SMILES string of the molecule is CC1(C)CN(C(=O)CNC(=O)c2cc3c(s2)CCCC3)CCC1N. The summed E-state index contributed by atoms with van der Waals surface area (Å²) in [6.45, 7) is 5.56. The maximum absolute atomic E-state index is 12.4. The van der Waals surface area contributed by atoms with Crippen molar-refractivity contribution in [2.45, 2.75) is 52.0 Å². The molecule has 1 aliphatic heterocycles. The quantitative estimate of drug-likeness (QED) is 0.876. The van der Waals surface area contributed by atoms with Gasteiger partial charge in [0, 0.05) is 24.0 Å². The molecule has 5 nitrogen and oxygen atoms in total. The highest BCUT2D eigenvalue weighted by Gasteiger charge is 2.35. The van der Waals surface area contributed by atoms with Crippen molar-refractivity contribution in [1.29, 1.82) is 0 Å². The summed E-state index contributed by atoms with van der Waals surface area (Å²) in [7, 11) is 0. The van der Waals surface area contributed by atoms with E-state index < -0.39 is 0 Å². The zero-order valence-corrected chi connectivity index (χ0v) is 15.4. The zero-order chi connectivity index (χ0) is 17.3. The van der Waals surface area contributed by atoms with E-state index in [0.29, 0.717) is 13.1 Å². The van der Waals surface area contributed by atoms with Gasteiger partial charge in [-0.2, -0.15) is 0 Å². The van der Waals surface area contributed by atoms with Crippen molar-refractivity contribution < 1.29 is 9.59 Å². The van der Waals surface area contributed by atoms with E-state index in [2.05, 4.69) is 19.2 Å². The molecule has 3 rings (SSSR count). The van der Waals surface area contributed by atoms with Crippen molar-refractivity contribution in [2.24, 2.45) is 11.1 Å². The van der Waals surface area contributed by atoms with Gasteiger partial charge in [-0.3, -0.25) is 9.59 Å². The van der Waals surface area contributed by atoms with Crippen LogP contribution in [0, 0.1) is 5.41 Å². The van der Waals surface area contributed by atoms with Gasteiger partial charge >= 0.3 is 0 Å². The predicted molar refractivity (Wildman–Crippen MR) is 96.2 cm³/mol. The molecule has 1 fully saturated rings. The summed E-state index contributed by atoms with van der Waals surface area (Å²) in [6.07, 6.45) is 5.37. The normalized spacial score (nSPS) is 22.8. The van der Waals surface area contributed by atoms with Crippen molar-refractivity contribution in [3.8, 4) is 0 Å². The molecule has 1 atom stereocenters. The van der Waals surface area contributed by atoms with Gasteiger partial charge in [0.2, 0.25) is 5.91 Å². The van der Waals surface area contributed by atoms with Crippen LogP contribution in [-0.2, 0) is 17.6 Å². The third-order valence-electron chi connectivity index (χ3n) is 5.29. The van der Waals surface area contributed by atoms with Gasteiger partial charge in [-0.05, 0) is 49.1 Å². The lowest BCUT2D eigenvalue weighted by Crippen LogP contribution is -2.55. The van der Waals surface area contributed by atoms with Crippen LogP contribution in [-0.4, -0.2) is 42.4 Å². The van der Waals surface area contributed by atoms with Gasteiger partial charge in [-0.15, -0.1) is 11.3 Å². The first kappa shape index (κ1) is 17.4. The molecule has 6 heteroatoms. The van der Waals surface area contributed by atoms with Crippen LogP contribution < -0.4 is 11.1 Å². The molecular formula is C18H27N3O2S. The van der Waals surface area contributed by atoms with E-state index in [1.54, 1.807) is 11.3 Å².